The van der Waals surface area contributed by atoms with Gasteiger partial charge in [-0.2, -0.15) is 0 Å². The number of hydrogen-bond acceptors (Lipinski definition) is 2. The molecule has 0 amide bonds. The Bertz CT molecular complexity index is 648. The van der Waals surface area contributed by atoms with E-state index in [0.29, 0.717) is 16.7 Å². The molecule has 5 heteroatoms. The van der Waals surface area contributed by atoms with E-state index >= 15 is 0 Å². The van der Waals surface area contributed by atoms with Crippen LogP contribution < -0.4 is 15.4 Å². The van der Waals surface area contributed by atoms with Gasteiger partial charge in [0.05, 0.1) is 6.04 Å². The van der Waals surface area contributed by atoms with Crippen molar-refractivity contribution in [2.45, 2.75) is 19.9 Å². The number of benzene rings is 2. The van der Waals surface area contributed by atoms with Gasteiger partial charge in [0.25, 0.3) is 0 Å². The van der Waals surface area contributed by atoms with E-state index in [2.05, 4.69) is 10.6 Å². The van der Waals surface area contributed by atoms with Crippen molar-refractivity contribution in [1.82, 2.24) is 5.32 Å². The normalized spacial score (nSPS) is 11.6. The van der Waals surface area contributed by atoms with Gasteiger partial charge < -0.3 is 15.4 Å². The number of rotatable bonds is 5. The zero-order chi connectivity index (χ0) is 15.9. The summed E-state index contributed by atoms with van der Waals surface area (Å²) < 4.78 is 5.80. The average Bonchev–Trinajstić information content (AvgIpc) is 2.46. The number of hydrogen-bond donors (Lipinski definition) is 2. The second-order valence-corrected chi connectivity index (χ2v) is 5.93. The van der Waals surface area contributed by atoms with E-state index in [-0.39, 0.29) is 6.04 Å². The quantitative estimate of drug-likeness (QED) is 0.794. The highest BCUT2D eigenvalue weighted by molar-refractivity contribution is 7.80. The van der Waals surface area contributed by atoms with Crippen molar-refractivity contribution in [3.05, 3.63) is 59.1 Å². The summed E-state index contributed by atoms with van der Waals surface area (Å²) in [5.74, 6) is 0.893. The molecule has 0 aliphatic carbocycles. The highest BCUT2D eigenvalue weighted by Crippen LogP contribution is 2.16. The molecule has 0 saturated heterocycles. The van der Waals surface area contributed by atoms with Crippen molar-refractivity contribution in [1.29, 1.82) is 0 Å². The molecule has 0 aliphatic rings. The van der Waals surface area contributed by atoms with Gasteiger partial charge in [0.2, 0.25) is 0 Å². The van der Waals surface area contributed by atoms with Crippen LogP contribution in [0, 0.1) is 6.92 Å². The van der Waals surface area contributed by atoms with Gasteiger partial charge in [-0.15, -0.1) is 0 Å². The fourth-order valence-corrected chi connectivity index (χ4v) is 2.44. The van der Waals surface area contributed by atoms with Crippen LogP contribution in [-0.4, -0.2) is 17.8 Å². The van der Waals surface area contributed by atoms with Crippen LogP contribution >= 0.6 is 23.8 Å². The van der Waals surface area contributed by atoms with E-state index in [9.17, 15) is 0 Å². The summed E-state index contributed by atoms with van der Waals surface area (Å²) in [6.45, 7) is 4.57. The third-order valence-electron chi connectivity index (χ3n) is 3.04. The number of aryl methyl sites for hydroxylation is 1. The summed E-state index contributed by atoms with van der Waals surface area (Å²) in [5.41, 5.74) is 1.98. The first-order valence-corrected chi connectivity index (χ1v) is 7.85. The van der Waals surface area contributed by atoms with Crippen LogP contribution in [0.5, 0.6) is 5.75 Å². The minimum absolute atomic E-state index is 0.0822. The Morgan fingerprint density at radius 3 is 2.73 bits per heavy atom. The Balaban J connectivity index is 1.80. The maximum Gasteiger partial charge on any atom is 0.171 e. The fraction of sp³-hybridized carbons (Fsp3) is 0.235. The molecule has 0 spiro atoms. The molecule has 0 aliphatic heterocycles. The number of nitrogens with one attached hydrogen (secondary N) is 2. The number of thiocarbonyl (C=S) groups is 1. The molecular weight excluding hydrogens is 316 g/mol. The predicted octanol–water partition coefficient (Wildman–Crippen LogP) is 4.40. The minimum Gasteiger partial charge on any atom is -0.491 e. The van der Waals surface area contributed by atoms with Gasteiger partial charge in [0.1, 0.15) is 12.4 Å². The second kappa shape index (κ2) is 8.01. The van der Waals surface area contributed by atoms with Crippen molar-refractivity contribution in [2.75, 3.05) is 11.9 Å². The molecule has 2 aromatic carbocycles. The average molecular weight is 335 g/mol. The highest BCUT2D eigenvalue weighted by Gasteiger charge is 2.07. The highest BCUT2D eigenvalue weighted by atomic mass is 35.5. The zero-order valence-corrected chi connectivity index (χ0v) is 14.2. The van der Waals surface area contributed by atoms with Crippen molar-refractivity contribution in [3.63, 3.8) is 0 Å². The second-order valence-electron chi connectivity index (χ2n) is 5.09. The van der Waals surface area contributed by atoms with Crippen molar-refractivity contribution in [2.24, 2.45) is 0 Å². The first-order valence-electron chi connectivity index (χ1n) is 7.06. The van der Waals surface area contributed by atoms with Crippen molar-refractivity contribution >= 4 is 34.6 Å². The molecule has 2 aromatic rings. The Morgan fingerprint density at radius 1 is 1.23 bits per heavy atom. The molecule has 1 atom stereocenters. The first-order chi connectivity index (χ1) is 10.5. The molecule has 2 rings (SSSR count). The summed E-state index contributed by atoms with van der Waals surface area (Å²) in [6.07, 6.45) is 0. The lowest BCUT2D eigenvalue weighted by atomic mass is 10.2. The lowest BCUT2D eigenvalue weighted by Crippen LogP contribution is -2.39. The van der Waals surface area contributed by atoms with E-state index in [1.165, 1.54) is 0 Å². The van der Waals surface area contributed by atoms with Crippen LogP contribution in [0.15, 0.2) is 48.5 Å². The monoisotopic (exact) mass is 334 g/mol. The topological polar surface area (TPSA) is 33.3 Å². The molecule has 2 N–H and O–H groups in total. The molecule has 0 bridgehead atoms. The zero-order valence-electron chi connectivity index (χ0n) is 12.6. The van der Waals surface area contributed by atoms with Gasteiger partial charge in [-0.3, -0.25) is 0 Å². The lowest BCUT2D eigenvalue weighted by Gasteiger charge is -2.18. The van der Waals surface area contributed by atoms with Crippen LogP contribution in [-0.2, 0) is 0 Å². The van der Waals surface area contributed by atoms with E-state index in [1.54, 1.807) is 0 Å². The Hall–Kier alpha value is -1.78. The van der Waals surface area contributed by atoms with Gasteiger partial charge in [0.15, 0.2) is 5.11 Å². The van der Waals surface area contributed by atoms with Gasteiger partial charge in [-0.05, 0) is 55.9 Å². The molecule has 116 valence electrons. The van der Waals surface area contributed by atoms with Crippen LogP contribution in [0.3, 0.4) is 0 Å². The van der Waals surface area contributed by atoms with Gasteiger partial charge >= 0.3 is 0 Å². The lowest BCUT2D eigenvalue weighted by molar-refractivity contribution is 0.285. The molecule has 0 heterocycles. The number of halogens is 1. The molecule has 0 saturated carbocycles. The van der Waals surface area contributed by atoms with E-state index in [1.807, 2.05) is 62.4 Å². The predicted molar refractivity (Wildman–Crippen MR) is 96.9 cm³/mol. The van der Waals surface area contributed by atoms with Gasteiger partial charge in [-0.1, -0.05) is 35.9 Å². The molecular formula is C17H19ClN2OS. The van der Waals surface area contributed by atoms with Crippen LogP contribution in [0.2, 0.25) is 5.02 Å². The summed E-state index contributed by atoms with van der Waals surface area (Å²) in [5, 5.41) is 7.51. The molecule has 0 aromatic heterocycles. The molecule has 3 nitrogen and oxygen atoms in total. The van der Waals surface area contributed by atoms with Crippen LogP contribution in [0.4, 0.5) is 5.69 Å². The van der Waals surface area contributed by atoms with E-state index in [0.717, 1.165) is 17.0 Å². The standard InChI is InChI=1S/C17H19ClN2OS/c1-12-6-3-4-9-16(12)21-11-13(2)19-17(22)20-15-8-5-7-14(18)10-15/h3-10,13H,11H2,1-2H3,(H2,19,20,22)/t13-/m0/s1. The SMILES string of the molecule is Cc1ccccc1OC[C@H](C)NC(=S)Nc1cccc(Cl)c1. The Morgan fingerprint density at radius 2 is 2.00 bits per heavy atom. The van der Waals surface area contributed by atoms with Crippen LogP contribution in [0.1, 0.15) is 12.5 Å². The molecule has 22 heavy (non-hydrogen) atoms. The van der Waals surface area contributed by atoms with Crippen molar-refractivity contribution in [3.8, 4) is 5.75 Å². The fourth-order valence-electron chi connectivity index (χ4n) is 1.93. The van der Waals surface area contributed by atoms with Crippen LogP contribution in [0.25, 0.3) is 0 Å². The van der Waals surface area contributed by atoms with E-state index in [4.69, 9.17) is 28.6 Å². The largest absolute Gasteiger partial charge is 0.491 e. The summed E-state index contributed by atoms with van der Waals surface area (Å²) in [7, 11) is 0. The molecule has 0 unspecified atom stereocenters. The summed E-state index contributed by atoms with van der Waals surface area (Å²) in [6, 6.07) is 15.5. The summed E-state index contributed by atoms with van der Waals surface area (Å²) >= 11 is 11.2. The Kier molecular flexibility index (Phi) is 6.04. The number of para-hydroxylation sites is 1. The summed E-state index contributed by atoms with van der Waals surface area (Å²) in [4.78, 5) is 0. The molecule has 0 radical (unpaired) electrons. The number of anilines is 1. The third kappa shape index (κ3) is 5.20. The maximum absolute atomic E-state index is 5.94. The smallest absolute Gasteiger partial charge is 0.171 e. The minimum atomic E-state index is 0.0822. The van der Waals surface area contributed by atoms with Crippen molar-refractivity contribution < 1.29 is 4.74 Å². The van der Waals surface area contributed by atoms with Gasteiger partial charge in [0, 0.05) is 10.7 Å². The third-order valence-corrected chi connectivity index (χ3v) is 3.50. The van der Waals surface area contributed by atoms with Gasteiger partial charge in [-0.25, -0.2) is 0 Å². The number of ether oxygens (including phenoxy) is 1. The van der Waals surface area contributed by atoms with E-state index < -0.39 is 0 Å². The first kappa shape index (κ1) is 16.6. The maximum atomic E-state index is 5.94. The molecule has 0 fully saturated rings. The Labute approximate surface area is 141 Å².